The Morgan fingerprint density at radius 3 is 2.46 bits per heavy atom. The summed E-state index contributed by atoms with van der Waals surface area (Å²) in [6.45, 7) is 1.92. The normalized spacial score (nSPS) is 8.38. The van der Waals surface area contributed by atoms with E-state index in [9.17, 15) is 0 Å². The summed E-state index contributed by atoms with van der Waals surface area (Å²) >= 11 is 9.05. The van der Waals surface area contributed by atoms with Crippen LogP contribution in [0.5, 0.6) is 0 Å². The van der Waals surface area contributed by atoms with Crippen molar-refractivity contribution >= 4 is 46.1 Å². The minimum Gasteiger partial charge on any atom is -0.192 e. The van der Waals surface area contributed by atoms with E-state index < -0.39 is 0 Å². The maximum Gasteiger partial charge on any atom is 0.103 e. The van der Waals surface area contributed by atoms with E-state index in [1.54, 1.807) is 6.07 Å². The summed E-state index contributed by atoms with van der Waals surface area (Å²) in [7, 11) is 0. The first-order chi connectivity index (χ1) is 6.29. The van der Waals surface area contributed by atoms with Gasteiger partial charge in [-0.1, -0.05) is 12.1 Å². The summed E-state index contributed by atoms with van der Waals surface area (Å²) in [4.78, 5) is 7.78. The third-order valence-corrected chi connectivity index (χ3v) is 1.72. The summed E-state index contributed by atoms with van der Waals surface area (Å²) < 4.78 is 0. The molecule has 13 heavy (non-hydrogen) atoms. The molecule has 0 unspecified atom stereocenters. The molecule has 1 aromatic rings. The molecule has 0 N–H and O–H groups in total. The first kappa shape index (κ1) is 9.90. The summed E-state index contributed by atoms with van der Waals surface area (Å²) in [5.74, 6) is 0. The van der Waals surface area contributed by atoms with Crippen LogP contribution in [-0.4, -0.2) is 10.3 Å². The number of aliphatic imine (C=N–C) groups is 2. The van der Waals surface area contributed by atoms with Crippen molar-refractivity contribution in [1.29, 1.82) is 0 Å². The predicted octanol–water partition coefficient (Wildman–Crippen LogP) is 3.46. The van der Waals surface area contributed by atoms with Crippen molar-refractivity contribution in [3.05, 3.63) is 23.8 Å². The Kier molecular flexibility index (Phi) is 3.62. The number of isothiocyanates is 2. The molecule has 0 aliphatic rings. The van der Waals surface area contributed by atoms with Crippen molar-refractivity contribution in [3.63, 3.8) is 0 Å². The van der Waals surface area contributed by atoms with E-state index in [4.69, 9.17) is 0 Å². The number of aryl methyl sites for hydroxylation is 1. The fourth-order valence-electron chi connectivity index (χ4n) is 0.974. The molecule has 1 rings (SSSR count). The maximum atomic E-state index is 4.53. The van der Waals surface area contributed by atoms with Gasteiger partial charge in [-0.3, -0.25) is 0 Å². The Hall–Kier alpha value is -1.18. The molecule has 0 aliphatic carbocycles. The molecule has 0 atom stereocenters. The van der Waals surface area contributed by atoms with Crippen LogP contribution in [0.4, 0.5) is 11.4 Å². The van der Waals surface area contributed by atoms with Crippen molar-refractivity contribution < 1.29 is 0 Å². The molecule has 0 bridgehead atoms. The molecular weight excluding hydrogens is 200 g/mol. The molecule has 4 heteroatoms. The van der Waals surface area contributed by atoms with Gasteiger partial charge < -0.3 is 0 Å². The number of thiocarbonyl (C=S) groups is 2. The molecule has 0 radical (unpaired) electrons. The molecule has 0 amide bonds. The van der Waals surface area contributed by atoms with Crippen LogP contribution in [0, 0.1) is 6.92 Å². The van der Waals surface area contributed by atoms with Crippen LogP contribution in [0.3, 0.4) is 0 Å². The SMILES string of the molecule is Cc1cccc(N=C=S)c1N=C=S. The van der Waals surface area contributed by atoms with Gasteiger partial charge in [0.05, 0.1) is 10.3 Å². The van der Waals surface area contributed by atoms with Crippen LogP contribution >= 0.6 is 24.4 Å². The van der Waals surface area contributed by atoms with Crippen molar-refractivity contribution in [2.45, 2.75) is 6.92 Å². The molecule has 0 saturated heterocycles. The summed E-state index contributed by atoms with van der Waals surface area (Å²) in [5, 5.41) is 4.61. The second-order valence-electron chi connectivity index (χ2n) is 2.35. The summed E-state index contributed by atoms with van der Waals surface area (Å²) in [6.07, 6.45) is 0. The molecule has 64 valence electrons. The van der Waals surface area contributed by atoms with Gasteiger partial charge in [0, 0.05) is 0 Å². The number of hydrogen-bond donors (Lipinski definition) is 0. The molecule has 0 spiro atoms. The quantitative estimate of drug-likeness (QED) is 0.546. The Labute approximate surface area is 87.0 Å². The monoisotopic (exact) mass is 206 g/mol. The zero-order valence-electron chi connectivity index (χ0n) is 6.94. The largest absolute Gasteiger partial charge is 0.192 e. The second-order valence-corrected chi connectivity index (χ2v) is 2.71. The van der Waals surface area contributed by atoms with Crippen LogP contribution in [0.1, 0.15) is 5.56 Å². The van der Waals surface area contributed by atoms with Gasteiger partial charge in [-0.05, 0) is 43.0 Å². The highest BCUT2D eigenvalue weighted by atomic mass is 32.1. The van der Waals surface area contributed by atoms with Crippen molar-refractivity contribution in [1.82, 2.24) is 0 Å². The van der Waals surface area contributed by atoms with E-state index in [2.05, 4.69) is 44.7 Å². The third kappa shape index (κ3) is 2.38. The van der Waals surface area contributed by atoms with Crippen molar-refractivity contribution in [2.75, 3.05) is 0 Å². The predicted molar refractivity (Wildman–Crippen MR) is 60.6 cm³/mol. The Bertz CT molecular complexity index is 414. The minimum absolute atomic E-state index is 0.673. The number of nitrogens with zero attached hydrogens (tertiary/aromatic N) is 2. The third-order valence-electron chi connectivity index (χ3n) is 1.54. The lowest BCUT2D eigenvalue weighted by Crippen LogP contribution is -1.74. The Balaban J connectivity index is 3.41. The topological polar surface area (TPSA) is 24.7 Å². The van der Waals surface area contributed by atoms with E-state index in [1.807, 2.05) is 19.1 Å². The lowest BCUT2D eigenvalue weighted by atomic mass is 10.2. The smallest absolute Gasteiger partial charge is 0.103 e. The van der Waals surface area contributed by atoms with Crippen LogP contribution in [-0.2, 0) is 0 Å². The molecule has 0 aromatic heterocycles. The molecule has 2 nitrogen and oxygen atoms in total. The van der Waals surface area contributed by atoms with Gasteiger partial charge >= 0.3 is 0 Å². The minimum atomic E-state index is 0.673. The van der Waals surface area contributed by atoms with Gasteiger partial charge in [-0.15, -0.1) is 0 Å². The fourth-order valence-corrected chi connectivity index (χ4v) is 1.16. The average Bonchev–Trinajstić information content (AvgIpc) is 2.11. The van der Waals surface area contributed by atoms with Crippen molar-refractivity contribution in [2.24, 2.45) is 9.98 Å². The van der Waals surface area contributed by atoms with E-state index in [-0.39, 0.29) is 0 Å². The van der Waals surface area contributed by atoms with Gasteiger partial charge in [0.2, 0.25) is 0 Å². The van der Waals surface area contributed by atoms with Gasteiger partial charge in [0.25, 0.3) is 0 Å². The molecule has 0 saturated carbocycles. The number of hydrogen-bond acceptors (Lipinski definition) is 4. The molecular formula is C9H6N2S2. The first-order valence-corrected chi connectivity index (χ1v) is 4.36. The van der Waals surface area contributed by atoms with E-state index in [1.165, 1.54) is 0 Å². The summed E-state index contributed by atoms with van der Waals surface area (Å²) in [5.41, 5.74) is 2.37. The van der Waals surface area contributed by atoms with Crippen LogP contribution in [0.25, 0.3) is 0 Å². The maximum absolute atomic E-state index is 4.53. The van der Waals surface area contributed by atoms with Crippen molar-refractivity contribution in [3.8, 4) is 0 Å². The Morgan fingerprint density at radius 2 is 1.85 bits per heavy atom. The van der Waals surface area contributed by atoms with Gasteiger partial charge in [-0.25, -0.2) is 0 Å². The molecule has 0 heterocycles. The number of para-hydroxylation sites is 1. The lowest BCUT2D eigenvalue weighted by molar-refractivity contribution is 1.38. The van der Waals surface area contributed by atoms with E-state index >= 15 is 0 Å². The number of rotatable bonds is 2. The highest BCUT2D eigenvalue weighted by Crippen LogP contribution is 2.30. The average molecular weight is 206 g/mol. The van der Waals surface area contributed by atoms with Crippen LogP contribution < -0.4 is 0 Å². The highest BCUT2D eigenvalue weighted by Gasteiger charge is 2.01. The first-order valence-electron chi connectivity index (χ1n) is 3.55. The van der Waals surface area contributed by atoms with Gasteiger partial charge in [-0.2, -0.15) is 9.98 Å². The number of benzene rings is 1. The molecule has 0 aliphatic heterocycles. The van der Waals surface area contributed by atoms with E-state index in [0.717, 1.165) is 5.56 Å². The zero-order chi connectivity index (χ0) is 9.68. The van der Waals surface area contributed by atoms with Crippen LogP contribution in [0.2, 0.25) is 0 Å². The van der Waals surface area contributed by atoms with Crippen LogP contribution in [0.15, 0.2) is 28.2 Å². The molecule has 0 fully saturated rings. The lowest BCUT2D eigenvalue weighted by Gasteiger charge is -1.99. The summed E-state index contributed by atoms with van der Waals surface area (Å²) in [6, 6.07) is 5.61. The van der Waals surface area contributed by atoms with E-state index in [0.29, 0.717) is 11.4 Å². The molecule has 1 aromatic carbocycles. The zero-order valence-corrected chi connectivity index (χ0v) is 8.58. The van der Waals surface area contributed by atoms with Gasteiger partial charge in [0.1, 0.15) is 11.4 Å². The standard InChI is InChI=1S/C9H6N2S2/c1-7-3-2-4-8(10-5-12)9(7)11-6-13/h2-4H,1H3. The van der Waals surface area contributed by atoms with Gasteiger partial charge in [0.15, 0.2) is 0 Å². The Morgan fingerprint density at radius 1 is 1.15 bits per heavy atom. The highest BCUT2D eigenvalue weighted by molar-refractivity contribution is 7.78. The second kappa shape index (κ2) is 4.75. The fraction of sp³-hybridized carbons (Fsp3) is 0.111.